The van der Waals surface area contributed by atoms with E-state index < -0.39 is 0 Å². The quantitative estimate of drug-likeness (QED) is 0.613. The zero-order valence-electron chi connectivity index (χ0n) is 7.46. The smallest absolute Gasteiger partial charge is 0.0573 e. The Morgan fingerprint density at radius 3 is 2.27 bits per heavy atom. The van der Waals surface area contributed by atoms with Crippen LogP contribution in [0.25, 0.3) is 0 Å². The lowest BCUT2D eigenvalue weighted by atomic mass is 9.80. The molecule has 11 heavy (non-hydrogen) atoms. The molecule has 0 amide bonds. The molecule has 2 saturated carbocycles. The molecule has 0 heterocycles. The number of hydrogen-bond acceptors (Lipinski definition) is 1. The fourth-order valence-electron chi connectivity index (χ4n) is 3.13. The Bertz CT molecular complexity index is 153. The van der Waals surface area contributed by atoms with Gasteiger partial charge in [-0.05, 0) is 42.9 Å². The molecule has 0 aliphatic heterocycles. The van der Waals surface area contributed by atoms with Crippen molar-refractivity contribution in [1.82, 2.24) is 0 Å². The molecule has 0 spiro atoms. The van der Waals surface area contributed by atoms with Crippen LogP contribution in [-0.4, -0.2) is 11.2 Å². The highest BCUT2D eigenvalue weighted by Gasteiger charge is 2.46. The summed E-state index contributed by atoms with van der Waals surface area (Å²) < 4.78 is 0. The Hall–Kier alpha value is -0.0400. The molecular formula is C10H18O. The molecule has 2 fully saturated rings. The molecule has 4 atom stereocenters. The van der Waals surface area contributed by atoms with E-state index in [9.17, 15) is 5.11 Å². The average Bonchev–Trinajstić information content (AvgIpc) is 2.43. The van der Waals surface area contributed by atoms with E-state index in [0.717, 1.165) is 24.2 Å². The van der Waals surface area contributed by atoms with Gasteiger partial charge >= 0.3 is 0 Å². The Labute approximate surface area is 68.8 Å². The van der Waals surface area contributed by atoms with Gasteiger partial charge in [-0.3, -0.25) is 0 Å². The van der Waals surface area contributed by atoms with Gasteiger partial charge in [-0.15, -0.1) is 0 Å². The Kier molecular flexibility index (Phi) is 1.71. The Morgan fingerprint density at radius 1 is 1.18 bits per heavy atom. The maximum absolute atomic E-state index is 9.64. The second-order valence-corrected chi connectivity index (χ2v) is 4.71. The van der Waals surface area contributed by atoms with Crippen molar-refractivity contribution in [1.29, 1.82) is 0 Å². The first-order chi connectivity index (χ1) is 5.18. The molecule has 0 aromatic carbocycles. The molecule has 2 rings (SSSR count). The van der Waals surface area contributed by atoms with Crippen molar-refractivity contribution in [3.63, 3.8) is 0 Å². The van der Waals surface area contributed by atoms with Crippen molar-refractivity contribution < 1.29 is 5.11 Å². The van der Waals surface area contributed by atoms with Crippen molar-refractivity contribution in [3.05, 3.63) is 0 Å². The zero-order valence-corrected chi connectivity index (χ0v) is 7.46. The van der Waals surface area contributed by atoms with Gasteiger partial charge in [-0.25, -0.2) is 0 Å². The molecule has 1 nitrogen and oxygen atoms in total. The fourth-order valence-corrected chi connectivity index (χ4v) is 3.13. The molecule has 0 unspecified atom stereocenters. The average molecular weight is 154 g/mol. The summed E-state index contributed by atoms with van der Waals surface area (Å²) in [5.74, 6) is 3.12. The summed E-state index contributed by atoms with van der Waals surface area (Å²) in [6.45, 7) is 4.58. The third-order valence-electron chi connectivity index (χ3n) is 3.69. The predicted molar refractivity (Wildman–Crippen MR) is 45.2 cm³/mol. The van der Waals surface area contributed by atoms with Crippen LogP contribution in [0, 0.1) is 23.7 Å². The van der Waals surface area contributed by atoms with Gasteiger partial charge in [0.15, 0.2) is 0 Å². The largest absolute Gasteiger partial charge is 0.393 e. The van der Waals surface area contributed by atoms with Crippen LogP contribution < -0.4 is 0 Å². The van der Waals surface area contributed by atoms with Crippen molar-refractivity contribution in [2.75, 3.05) is 0 Å². The molecule has 64 valence electrons. The first-order valence-corrected chi connectivity index (χ1v) is 4.86. The molecule has 2 aliphatic rings. The lowest BCUT2D eigenvalue weighted by Crippen LogP contribution is -2.27. The third kappa shape index (κ3) is 1.10. The van der Waals surface area contributed by atoms with Crippen molar-refractivity contribution in [2.45, 2.75) is 39.2 Å². The fraction of sp³-hybridized carbons (Fsp3) is 1.00. The van der Waals surface area contributed by atoms with Crippen LogP contribution in [0.3, 0.4) is 0 Å². The summed E-state index contributed by atoms with van der Waals surface area (Å²) in [4.78, 5) is 0. The predicted octanol–water partition coefficient (Wildman–Crippen LogP) is 2.05. The summed E-state index contributed by atoms with van der Waals surface area (Å²) in [6, 6.07) is 0. The van der Waals surface area contributed by atoms with Crippen LogP contribution in [0.2, 0.25) is 0 Å². The van der Waals surface area contributed by atoms with Crippen LogP contribution in [-0.2, 0) is 0 Å². The van der Waals surface area contributed by atoms with Gasteiger partial charge in [0.2, 0.25) is 0 Å². The number of aliphatic hydroxyl groups is 1. The van der Waals surface area contributed by atoms with Crippen molar-refractivity contribution in [2.24, 2.45) is 23.7 Å². The van der Waals surface area contributed by atoms with Gasteiger partial charge in [0.1, 0.15) is 0 Å². The SMILES string of the molecule is CC(C)[C@H]1C[C@H]2C[C@@H]1[C@H](O)C2. The highest BCUT2D eigenvalue weighted by atomic mass is 16.3. The van der Waals surface area contributed by atoms with Crippen LogP contribution >= 0.6 is 0 Å². The molecule has 1 N–H and O–H groups in total. The molecule has 2 bridgehead atoms. The van der Waals surface area contributed by atoms with E-state index in [4.69, 9.17) is 0 Å². The van der Waals surface area contributed by atoms with Gasteiger partial charge in [0.05, 0.1) is 6.10 Å². The lowest BCUT2D eigenvalue weighted by Gasteiger charge is -2.28. The number of rotatable bonds is 1. The van der Waals surface area contributed by atoms with Gasteiger partial charge < -0.3 is 5.11 Å². The topological polar surface area (TPSA) is 20.2 Å². The molecule has 0 aromatic heterocycles. The lowest BCUT2D eigenvalue weighted by molar-refractivity contribution is 0.0647. The van der Waals surface area contributed by atoms with E-state index in [1.165, 1.54) is 12.8 Å². The standard InChI is InChI=1S/C10H18O/c1-6(2)8-3-7-4-9(8)10(11)5-7/h6-11H,3-5H2,1-2H3/t7-,8+,9-,10+/m0/s1. The first-order valence-electron chi connectivity index (χ1n) is 4.86. The monoisotopic (exact) mass is 154 g/mol. The maximum atomic E-state index is 9.64. The maximum Gasteiger partial charge on any atom is 0.0573 e. The minimum atomic E-state index is 0.0427. The molecule has 0 aromatic rings. The molecule has 0 radical (unpaired) electrons. The third-order valence-corrected chi connectivity index (χ3v) is 3.69. The van der Waals surface area contributed by atoms with E-state index in [0.29, 0.717) is 5.92 Å². The minimum absolute atomic E-state index is 0.0427. The van der Waals surface area contributed by atoms with Gasteiger partial charge in [0.25, 0.3) is 0 Å². The highest BCUT2D eigenvalue weighted by molar-refractivity contribution is 4.96. The molecule has 0 saturated heterocycles. The normalized spacial score (nSPS) is 49.1. The van der Waals surface area contributed by atoms with Crippen molar-refractivity contribution in [3.8, 4) is 0 Å². The van der Waals surface area contributed by atoms with Gasteiger partial charge in [-0.1, -0.05) is 13.8 Å². The molecular weight excluding hydrogens is 136 g/mol. The van der Waals surface area contributed by atoms with E-state index in [2.05, 4.69) is 13.8 Å². The molecule has 1 heteroatoms. The number of hydrogen-bond donors (Lipinski definition) is 1. The summed E-state index contributed by atoms with van der Waals surface area (Å²) in [6.07, 6.45) is 3.83. The van der Waals surface area contributed by atoms with Gasteiger partial charge in [0, 0.05) is 0 Å². The van der Waals surface area contributed by atoms with Crippen molar-refractivity contribution >= 4 is 0 Å². The first kappa shape index (κ1) is 7.60. The summed E-state index contributed by atoms with van der Waals surface area (Å²) in [5, 5.41) is 9.64. The Balaban J connectivity index is 2.06. The summed E-state index contributed by atoms with van der Waals surface area (Å²) >= 11 is 0. The van der Waals surface area contributed by atoms with E-state index in [-0.39, 0.29) is 6.10 Å². The van der Waals surface area contributed by atoms with E-state index in [1.54, 1.807) is 0 Å². The van der Waals surface area contributed by atoms with Crippen LogP contribution in [0.5, 0.6) is 0 Å². The zero-order chi connectivity index (χ0) is 8.01. The summed E-state index contributed by atoms with van der Waals surface area (Å²) in [7, 11) is 0. The second-order valence-electron chi connectivity index (χ2n) is 4.71. The number of aliphatic hydroxyl groups excluding tert-OH is 1. The van der Waals surface area contributed by atoms with Gasteiger partial charge in [-0.2, -0.15) is 0 Å². The van der Waals surface area contributed by atoms with Crippen LogP contribution in [0.4, 0.5) is 0 Å². The highest BCUT2D eigenvalue weighted by Crippen LogP contribution is 2.50. The Morgan fingerprint density at radius 2 is 1.91 bits per heavy atom. The second kappa shape index (κ2) is 2.48. The molecule has 2 aliphatic carbocycles. The minimum Gasteiger partial charge on any atom is -0.393 e. The van der Waals surface area contributed by atoms with Crippen LogP contribution in [0.15, 0.2) is 0 Å². The van der Waals surface area contributed by atoms with Crippen LogP contribution in [0.1, 0.15) is 33.1 Å². The van der Waals surface area contributed by atoms with E-state index in [1.807, 2.05) is 0 Å². The number of fused-ring (bicyclic) bond motifs is 2. The summed E-state index contributed by atoms with van der Waals surface area (Å²) in [5.41, 5.74) is 0. The van der Waals surface area contributed by atoms with E-state index >= 15 is 0 Å².